The number of aromatic nitrogens is 1. The van der Waals surface area contributed by atoms with Crippen LogP contribution in [0.15, 0.2) is 34.9 Å². The van der Waals surface area contributed by atoms with Gasteiger partial charge in [0.1, 0.15) is 0 Å². The van der Waals surface area contributed by atoms with Crippen molar-refractivity contribution in [1.29, 1.82) is 0 Å². The molecule has 0 aliphatic rings. The minimum Gasteiger partial charge on any atom is -0.366 e. The average Bonchev–Trinajstić information content (AvgIpc) is 2.74. The smallest absolute Gasteiger partial charge is 0.326 e. The summed E-state index contributed by atoms with van der Waals surface area (Å²) in [6.07, 6.45) is 0. The van der Waals surface area contributed by atoms with Gasteiger partial charge in [0, 0.05) is 17.3 Å². The van der Waals surface area contributed by atoms with Crippen molar-refractivity contribution < 1.29 is 14.1 Å². The van der Waals surface area contributed by atoms with Crippen LogP contribution in [-0.4, -0.2) is 17.1 Å². The van der Waals surface area contributed by atoms with Crippen LogP contribution in [0.25, 0.3) is 0 Å². The van der Waals surface area contributed by atoms with E-state index in [1.165, 1.54) is 6.07 Å². The second-order valence-corrected chi connectivity index (χ2v) is 3.86. The SMILES string of the molecule is Cc1cc(NC(=O)Nc2cccc(C(N)=O)c2)on1. The molecule has 1 heterocycles. The monoisotopic (exact) mass is 260 g/mol. The number of rotatable bonds is 3. The van der Waals surface area contributed by atoms with Gasteiger partial charge in [-0.1, -0.05) is 11.2 Å². The summed E-state index contributed by atoms with van der Waals surface area (Å²) in [6.45, 7) is 1.74. The molecule has 98 valence electrons. The third-order valence-electron chi connectivity index (χ3n) is 2.27. The number of nitrogens with zero attached hydrogens (tertiary/aromatic N) is 1. The van der Waals surface area contributed by atoms with E-state index in [0.717, 1.165) is 0 Å². The van der Waals surface area contributed by atoms with Crippen LogP contribution < -0.4 is 16.4 Å². The number of hydrogen-bond acceptors (Lipinski definition) is 4. The minimum atomic E-state index is -0.560. The number of carbonyl (C=O) groups excluding carboxylic acids is 2. The second-order valence-electron chi connectivity index (χ2n) is 3.86. The highest BCUT2D eigenvalue weighted by atomic mass is 16.5. The first kappa shape index (κ1) is 12.6. The molecule has 0 aliphatic carbocycles. The maximum Gasteiger partial charge on any atom is 0.326 e. The molecule has 0 spiro atoms. The summed E-state index contributed by atoms with van der Waals surface area (Å²) in [7, 11) is 0. The molecule has 0 saturated carbocycles. The van der Waals surface area contributed by atoms with Crippen LogP contribution in [0.1, 0.15) is 16.1 Å². The van der Waals surface area contributed by atoms with Crippen LogP contribution in [0.5, 0.6) is 0 Å². The maximum absolute atomic E-state index is 11.6. The number of anilines is 2. The highest BCUT2D eigenvalue weighted by molar-refractivity contribution is 6.00. The second kappa shape index (κ2) is 5.21. The molecular formula is C12H12N4O3. The van der Waals surface area contributed by atoms with E-state index >= 15 is 0 Å². The summed E-state index contributed by atoms with van der Waals surface area (Å²) in [4.78, 5) is 22.6. The predicted octanol–water partition coefficient (Wildman–Crippen LogP) is 1.73. The van der Waals surface area contributed by atoms with Crippen molar-refractivity contribution >= 4 is 23.5 Å². The lowest BCUT2D eigenvalue weighted by molar-refractivity contribution is 0.100. The van der Waals surface area contributed by atoms with Gasteiger partial charge in [0.05, 0.1) is 5.69 Å². The van der Waals surface area contributed by atoms with E-state index < -0.39 is 11.9 Å². The highest BCUT2D eigenvalue weighted by Crippen LogP contribution is 2.12. The third kappa shape index (κ3) is 3.32. The quantitative estimate of drug-likeness (QED) is 0.780. The van der Waals surface area contributed by atoms with E-state index in [4.69, 9.17) is 10.3 Å². The van der Waals surface area contributed by atoms with Gasteiger partial charge in [-0.25, -0.2) is 4.79 Å². The van der Waals surface area contributed by atoms with Gasteiger partial charge < -0.3 is 15.6 Å². The summed E-state index contributed by atoms with van der Waals surface area (Å²) < 4.78 is 4.84. The Morgan fingerprint density at radius 3 is 2.68 bits per heavy atom. The molecule has 0 aliphatic heterocycles. The van der Waals surface area contributed by atoms with E-state index in [0.29, 0.717) is 16.9 Å². The minimum absolute atomic E-state index is 0.237. The number of primary amides is 1. The zero-order chi connectivity index (χ0) is 13.8. The Morgan fingerprint density at radius 1 is 1.26 bits per heavy atom. The summed E-state index contributed by atoms with van der Waals surface area (Å²) in [5, 5.41) is 8.65. The van der Waals surface area contributed by atoms with Crippen molar-refractivity contribution in [2.75, 3.05) is 10.6 Å². The van der Waals surface area contributed by atoms with Crippen LogP contribution in [0.3, 0.4) is 0 Å². The van der Waals surface area contributed by atoms with Crippen molar-refractivity contribution in [3.05, 3.63) is 41.6 Å². The third-order valence-corrected chi connectivity index (χ3v) is 2.27. The van der Waals surface area contributed by atoms with E-state index in [9.17, 15) is 9.59 Å². The first-order valence-electron chi connectivity index (χ1n) is 5.46. The number of benzene rings is 1. The molecule has 1 aromatic carbocycles. The van der Waals surface area contributed by atoms with Crippen LogP contribution >= 0.6 is 0 Å². The van der Waals surface area contributed by atoms with E-state index in [1.807, 2.05) is 0 Å². The van der Waals surface area contributed by atoms with Crippen molar-refractivity contribution in [3.63, 3.8) is 0 Å². The molecule has 7 nitrogen and oxygen atoms in total. The Morgan fingerprint density at radius 2 is 2.05 bits per heavy atom. The normalized spacial score (nSPS) is 9.95. The summed E-state index contributed by atoms with van der Waals surface area (Å²) in [6, 6.07) is 7.38. The first-order valence-corrected chi connectivity index (χ1v) is 5.46. The molecule has 0 fully saturated rings. The number of aryl methyl sites for hydroxylation is 1. The van der Waals surface area contributed by atoms with Crippen molar-refractivity contribution in [2.24, 2.45) is 5.73 Å². The summed E-state index contributed by atoms with van der Waals surface area (Å²) >= 11 is 0. The molecule has 0 atom stereocenters. The molecule has 0 unspecified atom stereocenters. The van der Waals surface area contributed by atoms with Crippen LogP contribution in [-0.2, 0) is 0 Å². The molecule has 19 heavy (non-hydrogen) atoms. The van der Waals surface area contributed by atoms with E-state index in [2.05, 4.69) is 15.8 Å². The molecule has 1 aromatic heterocycles. The Bertz CT molecular complexity index is 621. The van der Waals surface area contributed by atoms with Gasteiger partial charge in [0.2, 0.25) is 11.8 Å². The lowest BCUT2D eigenvalue weighted by Gasteiger charge is -2.05. The molecule has 7 heteroatoms. The Kier molecular flexibility index (Phi) is 3.46. The van der Waals surface area contributed by atoms with Crippen LogP contribution in [0.2, 0.25) is 0 Å². The number of hydrogen-bond donors (Lipinski definition) is 3. The molecule has 3 amide bonds. The van der Waals surface area contributed by atoms with Gasteiger partial charge in [-0.15, -0.1) is 0 Å². The molecule has 2 aromatic rings. The largest absolute Gasteiger partial charge is 0.366 e. The number of nitrogens with two attached hydrogens (primary N) is 1. The van der Waals surface area contributed by atoms with Gasteiger partial charge in [-0.2, -0.15) is 0 Å². The Hall–Kier alpha value is -2.83. The van der Waals surface area contributed by atoms with Crippen molar-refractivity contribution in [2.45, 2.75) is 6.92 Å². The van der Waals surface area contributed by atoms with Crippen LogP contribution in [0.4, 0.5) is 16.4 Å². The van der Waals surface area contributed by atoms with Gasteiger partial charge >= 0.3 is 6.03 Å². The van der Waals surface area contributed by atoms with Gasteiger partial charge in [0.15, 0.2) is 0 Å². The lowest BCUT2D eigenvalue weighted by atomic mass is 10.2. The van der Waals surface area contributed by atoms with Gasteiger partial charge in [-0.05, 0) is 25.1 Å². The molecular weight excluding hydrogens is 248 g/mol. The fourth-order valence-corrected chi connectivity index (χ4v) is 1.45. The molecule has 2 rings (SSSR count). The fraction of sp³-hybridized carbons (Fsp3) is 0.0833. The zero-order valence-electron chi connectivity index (χ0n) is 10.1. The maximum atomic E-state index is 11.6. The zero-order valence-corrected chi connectivity index (χ0v) is 10.1. The molecule has 0 bridgehead atoms. The Balaban J connectivity index is 2.02. The molecule has 0 saturated heterocycles. The number of urea groups is 1. The number of amides is 3. The van der Waals surface area contributed by atoms with Gasteiger partial charge in [0.25, 0.3) is 0 Å². The van der Waals surface area contributed by atoms with E-state index in [-0.39, 0.29) is 5.88 Å². The topological polar surface area (TPSA) is 110 Å². The van der Waals surface area contributed by atoms with Gasteiger partial charge in [-0.3, -0.25) is 10.1 Å². The number of carbonyl (C=O) groups is 2. The van der Waals surface area contributed by atoms with E-state index in [1.54, 1.807) is 31.2 Å². The van der Waals surface area contributed by atoms with Crippen molar-refractivity contribution in [3.8, 4) is 0 Å². The Labute approximate surface area is 108 Å². The molecule has 0 radical (unpaired) electrons. The lowest BCUT2D eigenvalue weighted by Crippen LogP contribution is -2.19. The predicted molar refractivity (Wildman–Crippen MR) is 68.8 cm³/mol. The molecule has 4 N–H and O–H groups in total. The average molecular weight is 260 g/mol. The fourth-order valence-electron chi connectivity index (χ4n) is 1.45. The summed E-state index contributed by atoms with van der Waals surface area (Å²) in [5.41, 5.74) is 6.57. The first-order chi connectivity index (χ1) is 9.04. The van der Waals surface area contributed by atoms with Crippen molar-refractivity contribution in [1.82, 2.24) is 5.16 Å². The highest BCUT2D eigenvalue weighted by Gasteiger charge is 2.07. The van der Waals surface area contributed by atoms with Crippen LogP contribution in [0, 0.1) is 6.92 Å². The number of nitrogens with one attached hydrogen (secondary N) is 2. The standard InChI is InChI=1S/C12H12N4O3/c1-7-5-10(19-16-7)15-12(18)14-9-4-2-3-8(6-9)11(13)17/h2-6H,1H3,(H2,13,17)(H2,14,15,18). The summed E-state index contributed by atoms with van der Waals surface area (Å²) in [5.74, 6) is -0.323.